The number of hydrogen-bond acceptors (Lipinski definition) is 5. The molecule has 1 unspecified atom stereocenters. The molecule has 40 heavy (non-hydrogen) atoms. The van der Waals surface area contributed by atoms with Crippen molar-refractivity contribution in [3.8, 4) is 28.4 Å². The third kappa shape index (κ3) is 6.41. The summed E-state index contributed by atoms with van der Waals surface area (Å²) in [6.07, 6.45) is -4.95. The molecule has 0 aliphatic rings. The Bertz CT molecular complexity index is 1630. The van der Waals surface area contributed by atoms with Gasteiger partial charge in [-0.25, -0.2) is 17.5 Å². The zero-order valence-electron chi connectivity index (χ0n) is 20.8. The number of carbonyl (C=O) groups excluding carboxylic acids is 1. The van der Waals surface area contributed by atoms with Crippen LogP contribution in [0.4, 0.5) is 17.6 Å². The van der Waals surface area contributed by atoms with E-state index in [2.05, 4.69) is 9.46 Å². The molecular formula is C28H22F4N2O5S. The monoisotopic (exact) mass is 574 g/mol. The van der Waals surface area contributed by atoms with Crippen molar-refractivity contribution in [2.45, 2.75) is 17.2 Å². The van der Waals surface area contributed by atoms with E-state index in [4.69, 9.17) is 10.5 Å². The number of ether oxygens (including phenoxy) is 2. The van der Waals surface area contributed by atoms with Crippen LogP contribution in [0.5, 0.6) is 17.2 Å². The second-order valence-electron chi connectivity index (χ2n) is 8.45. The van der Waals surface area contributed by atoms with E-state index in [-0.39, 0.29) is 33.1 Å². The quantitative estimate of drug-likeness (QED) is 0.249. The average Bonchev–Trinajstić information content (AvgIpc) is 2.91. The Balaban J connectivity index is 1.83. The van der Waals surface area contributed by atoms with Crippen LogP contribution in [0.25, 0.3) is 11.1 Å². The van der Waals surface area contributed by atoms with E-state index >= 15 is 4.39 Å². The number of amides is 1. The molecule has 0 aliphatic heterocycles. The van der Waals surface area contributed by atoms with Crippen molar-refractivity contribution in [1.29, 1.82) is 0 Å². The second kappa shape index (κ2) is 11.4. The number of rotatable bonds is 9. The number of primary amides is 1. The van der Waals surface area contributed by atoms with Gasteiger partial charge in [-0.1, -0.05) is 60.7 Å². The van der Waals surface area contributed by atoms with Crippen LogP contribution in [-0.2, 0) is 14.8 Å². The summed E-state index contributed by atoms with van der Waals surface area (Å²) in [7, 11) is -2.53. The summed E-state index contributed by atoms with van der Waals surface area (Å²) in [4.78, 5) is 12.5. The molecule has 4 rings (SSSR count). The molecule has 0 saturated carbocycles. The highest BCUT2D eigenvalue weighted by molar-refractivity contribution is 7.89. The first-order valence-corrected chi connectivity index (χ1v) is 13.1. The van der Waals surface area contributed by atoms with E-state index in [1.165, 1.54) is 55.6 Å². The smallest absolute Gasteiger partial charge is 0.453 e. The molecule has 0 bridgehead atoms. The number of hydrogen-bond donors (Lipinski definition) is 2. The van der Waals surface area contributed by atoms with Crippen LogP contribution in [0.1, 0.15) is 17.0 Å². The normalized spacial score (nSPS) is 12.5. The summed E-state index contributed by atoms with van der Waals surface area (Å²) in [5.74, 6) is -4.37. The van der Waals surface area contributed by atoms with Gasteiger partial charge in [0.15, 0.2) is 11.6 Å². The Kier molecular flexibility index (Phi) is 8.12. The van der Waals surface area contributed by atoms with Gasteiger partial charge in [0.25, 0.3) is 0 Å². The van der Waals surface area contributed by atoms with Crippen LogP contribution >= 0.6 is 0 Å². The standard InChI is InChI=1S/C28H22F4N2O5S/c1-34-40(36,37)21-12-10-18(11-13-21)24(27(33)35)23-15-14-22(17-6-3-2-4-7-17)26(25(23)29)38-19-8-5-9-20(16-19)39-28(30,31)32/h2-16,24,34H,1H3,(H2,33,35). The van der Waals surface area contributed by atoms with Gasteiger partial charge in [-0.2, -0.15) is 0 Å². The zero-order chi connectivity index (χ0) is 29.1. The van der Waals surface area contributed by atoms with Crippen LogP contribution in [0.3, 0.4) is 0 Å². The van der Waals surface area contributed by atoms with Gasteiger partial charge in [-0.3, -0.25) is 4.79 Å². The van der Waals surface area contributed by atoms with E-state index in [1.54, 1.807) is 30.3 Å². The van der Waals surface area contributed by atoms with Crippen molar-refractivity contribution in [1.82, 2.24) is 4.72 Å². The molecular weight excluding hydrogens is 552 g/mol. The molecule has 208 valence electrons. The van der Waals surface area contributed by atoms with Gasteiger partial charge in [-0.05, 0) is 42.4 Å². The average molecular weight is 575 g/mol. The van der Waals surface area contributed by atoms with E-state index in [9.17, 15) is 26.4 Å². The van der Waals surface area contributed by atoms with E-state index in [0.717, 1.165) is 12.1 Å². The lowest BCUT2D eigenvalue weighted by molar-refractivity contribution is -0.274. The van der Waals surface area contributed by atoms with Crippen LogP contribution in [0.15, 0.2) is 95.9 Å². The Hall–Kier alpha value is -4.42. The topological polar surface area (TPSA) is 108 Å². The lowest BCUT2D eigenvalue weighted by Crippen LogP contribution is -2.24. The molecule has 0 aromatic heterocycles. The highest BCUT2D eigenvalue weighted by atomic mass is 32.2. The third-order valence-corrected chi connectivity index (χ3v) is 7.29. The van der Waals surface area contributed by atoms with Crippen LogP contribution in [0, 0.1) is 5.82 Å². The van der Waals surface area contributed by atoms with E-state index in [0.29, 0.717) is 5.56 Å². The Labute approximate surface area is 227 Å². The molecule has 0 aliphatic carbocycles. The van der Waals surface area contributed by atoms with Crippen molar-refractivity contribution in [2.75, 3.05) is 7.05 Å². The van der Waals surface area contributed by atoms with Gasteiger partial charge >= 0.3 is 6.36 Å². The van der Waals surface area contributed by atoms with Crippen molar-refractivity contribution < 1.29 is 40.2 Å². The number of benzene rings is 4. The molecule has 4 aromatic rings. The molecule has 7 nitrogen and oxygen atoms in total. The van der Waals surface area contributed by atoms with Gasteiger partial charge < -0.3 is 15.2 Å². The minimum Gasteiger partial charge on any atom is -0.453 e. The minimum absolute atomic E-state index is 0.0770. The van der Waals surface area contributed by atoms with Gasteiger partial charge in [-0.15, -0.1) is 13.2 Å². The summed E-state index contributed by atoms with van der Waals surface area (Å²) in [5, 5.41) is 0. The number of nitrogens with one attached hydrogen (secondary N) is 1. The van der Waals surface area contributed by atoms with E-state index in [1.807, 2.05) is 0 Å². The highest BCUT2D eigenvalue weighted by Crippen LogP contribution is 2.41. The van der Waals surface area contributed by atoms with Crippen molar-refractivity contribution >= 4 is 15.9 Å². The number of alkyl halides is 3. The summed E-state index contributed by atoms with van der Waals surface area (Å²) in [6, 6.07) is 21.1. The second-order valence-corrected chi connectivity index (χ2v) is 10.3. The number of sulfonamides is 1. The number of carbonyl (C=O) groups is 1. The first kappa shape index (κ1) is 28.6. The van der Waals surface area contributed by atoms with Crippen molar-refractivity contribution in [2.24, 2.45) is 5.73 Å². The van der Waals surface area contributed by atoms with Gasteiger partial charge in [0.2, 0.25) is 15.9 Å². The van der Waals surface area contributed by atoms with Crippen molar-refractivity contribution in [3.05, 3.63) is 108 Å². The first-order valence-electron chi connectivity index (χ1n) is 11.6. The SMILES string of the molecule is CNS(=O)(=O)c1ccc(C(C(N)=O)c2ccc(-c3ccccc3)c(Oc3cccc(OC(F)(F)F)c3)c2F)cc1. The summed E-state index contributed by atoms with van der Waals surface area (Å²) in [6.45, 7) is 0. The molecule has 3 N–H and O–H groups in total. The summed E-state index contributed by atoms with van der Waals surface area (Å²) < 4.78 is 90.5. The minimum atomic E-state index is -4.95. The van der Waals surface area contributed by atoms with Crippen molar-refractivity contribution in [3.63, 3.8) is 0 Å². The van der Waals surface area contributed by atoms with Gasteiger partial charge in [0, 0.05) is 17.2 Å². The summed E-state index contributed by atoms with van der Waals surface area (Å²) in [5.41, 5.74) is 6.46. The highest BCUT2D eigenvalue weighted by Gasteiger charge is 2.32. The predicted molar refractivity (Wildman–Crippen MR) is 139 cm³/mol. The molecule has 4 aromatic carbocycles. The fourth-order valence-electron chi connectivity index (χ4n) is 4.05. The number of nitrogens with two attached hydrogens (primary N) is 1. The molecule has 0 saturated heterocycles. The lowest BCUT2D eigenvalue weighted by Gasteiger charge is -2.20. The van der Waals surface area contributed by atoms with Crippen LogP contribution in [-0.4, -0.2) is 27.7 Å². The Morgan fingerprint density at radius 2 is 1.55 bits per heavy atom. The maximum Gasteiger partial charge on any atom is 0.573 e. The van der Waals surface area contributed by atoms with Crippen LogP contribution in [0.2, 0.25) is 0 Å². The maximum atomic E-state index is 16.2. The first-order chi connectivity index (χ1) is 18.9. The summed E-state index contributed by atoms with van der Waals surface area (Å²) >= 11 is 0. The predicted octanol–water partition coefficient (Wildman–Crippen LogP) is 5.71. The largest absolute Gasteiger partial charge is 0.573 e. The zero-order valence-corrected chi connectivity index (χ0v) is 21.6. The third-order valence-electron chi connectivity index (χ3n) is 5.86. The molecule has 1 atom stereocenters. The van der Waals surface area contributed by atoms with Gasteiger partial charge in [0.1, 0.15) is 11.5 Å². The molecule has 0 heterocycles. The van der Waals surface area contributed by atoms with E-state index < -0.39 is 39.8 Å². The molecule has 1 amide bonds. The molecule has 0 spiro atoms. The fraction of sp³-hybridized carbons (Fsp3) is 0.107. The Morgan fingerprint density at radius 3 is 2.15 bits per heavy atom. The van der Waals surface area contributed by atoms with Gasteiger partial charge in [0.05, 0.1) is 10.8 Å². The number of halogens is 4. The Morgan fingerprint density at radius 1 is 0.900 bits per heavy atom. The molecule has 0 radical (unpaired) electrons. The van der Waals surface area contributed by atoms with Crippen LogP contribution < -0.4 is 19.9 Å². The molecule has 12 heteroatoms. The maximum absolute atomic E-state index is 16.2. The lowest BCUT2D eigenvalue weighted by atomic mass is 9.88. The fourth-order valence-corrected chi connectivity index (χ4v) is 4.78. The molecule has 0 fully saturated rings.